The predicted octanol–water partition coefficient (Wildman–Crippen LogP) is 2.93. The number of hydrogen-bond acceptors (Lipinski definition) is 4. The SMILES string of the molecule is C[C@]1(O)CN(Cc2ccc(C(=O)O)cc2)CC[C@@H]1Oc1cccc(F)c1. The van der Waals surface area contributed by atoms with Gasteiger partial charge in [0.2, 0.25) is 0 Å². The average molecular weight is 359 g/mol. The van der Waals surface area contributed by atoms with E-state index in [1.807, 2.05) is 0 Å². The molecule has 3 rings (SSSR count). The maximum Gasteiger partial charge on any atom is 0.335 e. The van der Waals surface area contributed by atoms with Crippen LogP contribution >= 0.6 is 0 Å². The number of rotatable bonds is 5. The molecule has 2 atom stereocenters. The lowest BCUT2D eigenvalue weighted by molar-refractivity contribution is -0.0993. The minimum absolute atomic E-state index is 0.253. The molecule has 0 spiro atoms. The molecular formula is C20H22FNO4. The number of piperidine rings is 1. The number of aliphatic hydroxyl groups is 1. The Hall–Kier alpha value is -2.44. The third-order valence-electron chi connectivity index (χ3n) is 4.63. The van der Waals surface area contributed by atoms with Crippen LogP contribution in [0.1, 0.15) is 29.3 Å². The zero-order valence-electron chi connectivity index (χ0n) is 14.6. The summed E-state index contributed by atoms with van der Waals surface area (Å²) in [5.74, 6) is -0.910. The Balaban J connectivity index is 1.61. The van der Waals surface area contributed by atoms with Gasteiger partial charge in [-0.25, -0.2) is 9.18 Å². The summed E-state index contributed by atoms with van der Waals surface area (Å²) in [6.07, 6.45) is 0.187. The standard InChI is InChI=1S/C20H22FNO4/c1-20(25)13-22(12-14-5-7-15(8-6-14)19(23)24)10-9-18(20)26-17-4-2-3-16(21)11-17/h2-8,11,18,25H,9-10,12-13H2,1H3,(H,23,24)/t18-,20-/m0/s1. The van der Waals surface area contributed by atoms with Crippen molar-refractivity contribution in [3.8, 4) is 5.75 Å². The molecule has 0 unspecified atom stereocenters. The molecule has 0 amide bonds. The summed E-state index contributed by atoms with van der Waals surface area (Å²) in [5, 5.41) is 19.7. The van der Waals surface area contributed by atoms with Crippen LogP contribution in [0, 0.1) is 5.82 Å². The molecule has 0 aromatic heterocycles. The number of nitrogens with zero attached hydrogens (tertiary/aromatic N) is 1. The lowest BCUT2D eigenvalue weighted by atomic mass is 9.91. The molecule has 2 aromatic rings. The largest absolute Gasteiger partial charge is 0.487 e. The van der Waals surface area contributed by atoms with Gasteiger partial charge in [0, 0.05) is 25.7 Å². The van der Waals surface area contributed by atoms with Crippen LogP contribution in [0.15, 0.2) is 48.5 Å². The molecule has 26 heavy (non-hydrogen) atoms. The van der Waals surface area contributed by atoms with Crippen LogP contribution in [0.3, 0.4) is 0 Å². The molecule has 2 aromatic carbocycles. The number of halogens is 1. The second-order valence-corrected chi connectivity index (χ2v) is 6.92. The summed E-state index contributed by atoms with van der Waals surface area (Å²) in [6, 6.07) is 12.6. The van der Waals surface area contributed by atoms with Gasteiger partial charge < -0.3 is 14.9 Å². The fraction of sp³-hybridized carbons (Fsp3) is 0.350. The van der Waals surface area contributed by atoms with Crippen molar-refractivity contribution in [2.45, 2.75) is 31.6 Å². The molecule has 1 heterocycles. The Labute approximate surface area is 151 Å². The number of hydrogen-bond donors (Lipinski definition) is 2. The van der Waals surface area contributed by atoms with Gasteiger partial charge in [-0.1, -0.05) is 18.2 Å². The number of carboxylic acid groups (broad SMARTS) is 1. The van der Waals surface area contributed by atoms with Gasteiger partial charge >= 0.3 is 5.97 Å². The van der Waals surface area contributed by atoms with Gasteiger partial charge in [-0.2, -0.15) is 0 Å². The third kappa shape index (κ3) is 4.39. The fourth-order valence-electron chi connectivity index (χ4n) is 3.28. The van der Waals surface area contributed by atoms with Crippen LogP contribution in [-0.4, -0.2) is 45.9 Å². The Morgan fingerprint density at radius 1 is 1.31 bits per heavy atom. The Kier molecular flexibility index (Phi) is 5.25. The topological polar surface area (TPSA) is 70.0 Å². The van der Waals surface area contributed by atoms with Crippen LogP contribution < -0.4 is 4.74 Å². The highest BCUT2D eigenvalue weighted by Crippen LogP contribution is 2.27. The van der Waals surface area contributed by atoms with Gasteiger partial charge in [0.15, 0.2) is 0 Å². The van der Waals surface area contributed by atoms with E-state index in [-0.39, 0.29) is 11.4 Å². The number of β-amino-alcohol motifs (C(OH)–C–C–N with tert-alkyl or cyclic N) is 1. The second-order valence-electron chi connectivity index (χ2n) is 6.92. The number of aromatic carboxylic acids is 1. The first kappa shape index (κ1) is 18.4. The first-order chi connectivity index (χ1) is 12.3. The summed E-state index contributed by atoms with van der Waals surface area (Å²) >= 11 is 0. The van der Waals surface area contributed by atoms with E-state index in [0.717, 1.165) is 12.1 Å². The number of ether oxygens (including phenoxy) is 1. The Morgan fingerprint density at radius 3 is 2.65 bits per heavy atom. The summed E-state index contributed by atoms with van der Waals surface area (Å²) in [6.45, 7) is 3.46. The van der Waals surface area contributed by atoms with Crippen molar-refractivity contribution >= 4 is 5.97 Å². The van der Waals surface area contributed by atoms with E-state index in [9.17, 15) is 14.3 Å². The molecule has 0 bridgehead atoms. The van der Waals surface area contributed by atoms with E-state index >= 15 is 0 Å². The van der Waals surface area contributed by atoms with Crippen LogP contribution in [-0.2, 0) is 6.54 Å². The molecule has 1 aliphatic heterocycles. The normalized spacial score (nSPS) is 23.6. The van der Waals surface area contributed by atoms with Crippen LogP contribution in [0.5, 0.6) is 5.75 Å². The van der Waals surface area contributed by atoms with Gasteiger partial charge in [0.25, 0.3) is 0 Å². The second kappa shape index (κ2) is 7.43. The van der Waals surface area contributed by atoms with Crippen LogP contribution in [0.4, 0.5) is 4.39 Å². The van der Waals surface area contributed by atoms with Crippen molar-refractivity contribution in [1.82, 2.24) is 4.90 Å². The van der Waals surface area contributed by atoms with Gasteiger partial charge in [-0.3, -0.25) is 4.90 Å². The van der Waals surface area contributed by atoms with E-state index in [1.54, 1.807) is 43.3 Å². The maximum atomic E-state index is 13.3. The summed E-state index contributed by atoms with van der Waals surface area (Å²) in [7, 11) is 0. The number of benzene rings is 2. The van der Waals surface area contributed by atoms with E-state index in [1.165, 1.54) is 12.1 Å². The highest BCUT2D eigenvalue weighted by Gasteiger charge is 2.39. The van der Waals surface area contributed by atoms with Crippen LogP contribution in [0.2, 0.25) is 0 Å². The van der Waals surface area contributed by atoms with E-state index in [2.05, 4.69) is 4.90 Å². The van der Waals surface area contributed by atoms with E-state index < -0.39 is 17.7 Å². The molecule has 0 radical (unpaired) electrons. The molecule has 6 heteroatoms. The highest BCUT2D eigenvalue weighted by molar-refractivity contribution is 5.87. The Morgan fingerprint density at radius 2 is 2.04 bits per heavy atom. The monoisotopic (exact) mass is 359 g/mol. The zero-order chi connectivity index (χ0) is 18.7. The summed E-state index contributed by atoms with van der Waals surface area (Å²) < 4.78 is 19.1. The van der Waals surface area contributed by atoms with Crippen molar-refractivity contribution in [3.05, 3.63) is 65.5 Å². The molecule has 138 valence electrons. The summed E-state index contributed by atoms with van der Waals surface area (Å²) in [4.78, 5) is 13.0. The van der Waals surface area contributed by atoms with Gasteiger partial charge in [-0.05, 0) is 43.2 Å². The minimum atomic E-state index is -1.08. The number of carboxylic acids is 1. The molecule has 1 saturated heterocycles. The lowest BCUT2D eigenvalue weighted by Gasteiger charge is -2.42. The van der Waals surface area contributed by atoms with Crippen molar-refractivity contribution in [1.29, 1.82) is 0 Å². The molecule has 5 nitrogen and oxygen atoms in total. The predicted molar refractivity (Wildman–Crippen MR) is 94.7 cm³/mol. The first-order valence-electron chi connectivity index (χ1n) is 8.53. The zero-order valence-corrected chi connectivity index (χ0v) is 14.6. The fourth-order valence-corrected chi connectivity index (χ4v) is 3.28. The molecule has 1 aliphatic rings. The minimum Gasteiger partial charge on any atom is -0.487 e. The van der Waals surface area contributed by atoms with Gasteiger partial charge in [0.05, 0.1) is 5.56 Å². The van der Waals surface area contributed by atoms with Crippen molar-refractivity contribution in [2.75, 3.05) is 13.1 Å². The first-order valence-corrected chi connectivity index (χ1v) is 8.53. The van der Waals surface area contributed by atoms with E-state index in [0.29, 0.717) is 25.3 Å². The third-order valence-corrected chi connectivity index (χ3v) is 4.63. The van der Waals surface area contributed by atoms with E-state index in [4.69, 9.17) is 9.84 Å². The molecular weight excluding hydrogens is 337 g/mol. The Bertz CT molecular complexity index is 776. The highest BCUT2D eigenvalue weighted by atomic mass is 19.1. The molecule has 0 saturated carbocycles. The van der Waals surface area contributed by atoms with Crippen LogP contribution in [0.25, 0.3) is 0 Å². The smallest absolute Gasteiger partial charge is 0.335 e. The average Bonchev–Trinajstić information content (AvgIpc) is 2.57. The molecule has 0 aliphatic carbocycles. The van der Waals surface area contributed by atoms with Crippen molar-refractivity contribution in [3.63, 3.8) is 0 Å². The lowest BCUT2D eigenvalue weighted by Crippen LogP contribution is -2.56. The van der Waals surface area contributed by atoms with Crippen molar-refractivity contribution < 1.29 is 24.1 Å². The molecule has 1 fully saturated rings. The number of carbonyl (C=O) groups is 1. The van der Waals surface area contributed by atoms with Gasteiger partial charge in [-0.15, -0.1) is 0 Å². The van der Waals surface area contributed by atoms with Gasteiger partial charge in [0.1, 0.15) is 23.3 Å². The summed E-state index contributed by atoms with van der Waals surface area (Å²) in [5.41, 5.74) is 0.157. The maximum absolute atomic E-state index is 13.3. The van der Waals surface area contributed by atoms with Crippen molar-refractivity contribution in [2.24, 2.45) is 0 Å². The quantitative estimate of drug-likeness (QED) is 0.859. The molecule has 2 N–H and O–H groups in total. The number of likely N-dealkylation sites (tertiary alicyclic amines) is 1.